The number of rotatable bonds is 3. The van der Waals surface area contributed by atoms with E-state index < -0.39 is 6.10 Å². The minimum absolute atomic E-state index is 0.286. The van der Waals surface area contributed by atoms with Gasteiger partial charge in [-0.1, -0.05) is 30.3 Å². The van der Waals surface area contributed by atoms with Crippen LogP contribution in [0.4, 0.5) is 0 Å². The van der Waals surface area contributed by atoms with Crippen molar-refractivity contribution in [2.45, 2.75) is 32.3 Å². The first kappa shape index (κ1) is 14.2. The van der Waals surface area contributed by atoms with E-state index in [9.17, 15) is 5.11 Å². The van der Waals surface area contributed by atoms with Crippen LogP contribution in [0.2, 0.25) is 0 Å². The highest BCUT2D eigenvalue weighted by atomic mass is 16.3. The summed E-state index contributed by atoms with van der Waals surface area (Å²) in [5, 5.41) is 10.9. The Morgan fingerprint density at radius 1 is 1.24 bits per heavy atom. The maximum absolute atomic E-state index is 10.9. The van der Waals surface area contributed by atoms with Gasteiger partial charge >= 0.3 is 0 Å². The minimum atomic E-state index is -0.566. The lowest BCUT2D eigenvalue weighted by Gasteiger charge is -2.41. The summed E-state index contributed by atoms with van der Waals surface area (Å²) in [6, 6.07) is 12.4. The number of fused-ring (bicyclic) bond motifs is 1. The highest BCUT2D eigenvalue weighted by molar-refractivity contribution is 5.33. The largest absolute Gasteiger partial charge is 0.388 e. The zero-order valence-corrected chi connectivity index (χ0v) is 12.4. The molecule has 0 saturated carbocycles. The lowest BCUT2D eigenvalue weighted by molar-refractivity contribution is 0.0175. The molecule has 3 rings (SSSR count). The average molecular weight is 282 g/mol. The number of pyridine rings is 1. The highest BCUT2D eigenvalue weighted by Gasteiger charge is 2.40. The number of nitrogens with two attached hydrogens (primary N) is 1. The van der Waals surface area contributed by atoms with Gasteiger partial charge in [-0.05, 0) is 48.9 Å². The fraction of sp³-hybridized carbons (Fsp3) is 0.389. The van der Waals surface area contributed by atoms with Gasteiger partial charge < -0.3 is 10.8 Å². The van der Waals surface area contributed by atoms with Crippen LogP contribution in [-0.4, -0.2) is 16.6 Å². The van der Waals surface area contributed by atoms with Crippen LogP contribution in [0.15, 0.2) is 42.6 Å². The van der Waals surface area contributed by atoms with Gasteiger partial charge in [-0.25, -0.2) is 0 Å². The fourth-order valence-electron chi connectivity index (χ4n) is 3.34. The number of aromatic nitrogens is 1. The van der Waals surface area contributed by atoms with Crippen molar-refractivity contribution < 1.29 is 5.11 Å². The monoisotopic (exact) mass is 282 g/mol. The number of nitrogens with zero attached hydrogens (tertiary/aromatic N) is 1. The molecule has 110 valence electrons. The number of aliphatic hydroxyl groups is 1. The topological polar surface area (TPSA) is 59.1 Å². The third kappa shape index (κ3) is 2.59. The zero-order chi connectivity index (χ0) is 14.9. The molecule has 1 aromatic heterocycles. The van der Waals surface area contributed by atoms with Crippen molar-refractivity contribution in [3.05, 3.63) is 65.0 Å². The van der Waals surface area contributed by atoms with Gasteiger partial charge in [0.1, 0.15) is 0 Å². The molecule has 1 heterocycles. The van der Waals surface area contributed by atoms with Gasteiger partial charge in [0, 0.05) is 23.9 Å². The first-order valence-corrected chi connectivity index (χ1v) is 7.52. The molecule has 1 aliphatic carbocycles. The standard InChI is InChI=1S/C18H22N2O/c1-13-6-7-16(11-20-13)17(21)18(12-19)9-8-14-4-2-3-5-15(14)10-18/h2-7,11,17,21H,8-10,12,19H2,1H3. The Labute approximate surface area is 125 Å². The van der Waals surface area contributed by atoms with Crippen molar-refractivity contribution in [1.82, 2.24) is 4.98 Å². The molecule has 0 saturated heterocycles. The van der Waals surface area contributed by atoms with Crippen molar-refractivity contribution in [2.75, 3.05) is 6.54 Å². The lowest BCUT2D eigenvalue weighted by atomic mass is 9.67. The molecule has 3 heteroatoms. The van der Waals surface area contributed by atoms with E-state index in [1.165, 1.54) is 11.1 Å². The summed E-state index contributed by atoms with van der Waals surface area (Å²) in [4.78, 5) is 4.30. The molecule has 21 heavy (non-hydrogen) atoms. The van der Waals surface area contributed by atoms with Crippen molar-refractivity contribution in [3.8, 4) is 0 Å². The van der Waals surface area contributed by atoms with Gasteiger partial charge in [0.2, 0.25) is 0 Å². The molecule has 3 N–H and O–H groups in total. The molecule has 2 atom stereocenters. The predicted molar refractivity (Wildman–Crippen MR) is 83.9 cm³/mol. The second-order valence-corrected chi connectivity index (χ2v) is 6.15. The molecule has 2 unspecified atom stereocenters. The molecular formula is C18H22N2O. The van der Waals surface area contributed by atoms with Gasteiger partial charge in [0.15, 0.2) is 0 Å². The number of aliphatic hydroxyl groups excluding tert-OH is 1. The van der Waals surface area contributed by atoms with E-state index in [0.29, 0.717) is 6.54 Å². The summed E-state index contributed by atoms with van der Waals surface area (Å²) in [6.45, 7) is 2.43. The molecule has 0 fully saturated rings. The van der Waals surface area contributed by atoms with Gasteiger partial charge in [-0.15, -0.1) is 0 Å². The van der Waals surface area contributed by atoms with Gasteiger partial charge in [-0.2, -0.15) is 0 Å². The molecule has 0 bridgehead atoms. The van der Waals surface area contributed by atoms with Crippen LogP contribution in [0, 0.1) is 12.3 Å². The van der Waals surface area contributed by atoms with Crippen LogP contribution in [-0.2, 0) is 12.8 Å². The second-order valence-electron chi connectivity index (χ2n) is 6.15. The molecule has 3 nitrogen and oxygen atoms in total. The SMILES string of the molecule is Cc1ccc(C(O)C2(CN)CCc3ccccc3C2)cn1. The number of benzene rings is 1. The summed E-state index contributed by atoms with van der Waals surface area (Å²) < 4.78 is 0. The lowest BCUT2D eigenvalue weighted by Crippen LogP contribution is -2.41. The number of hydrogen-bond donors (Lipinski definition) is 2. The Morgan fingerprint density at radius 3 is 2.67 bits per heavy atom. The van der Waals surface area contributed by atoms with E-state index in [2.05, 4.69) is 29.2 Å². The van der Waals surface area contributed by atoms with Crippen molar-refractivity contribution in [3.63, 3.8) is 0 Å². The maximum atomic E-state index is 10.9. The average Bonchev–Trinajstić information content (AvgIpc) is 2.54. The smallest absolute Gasteiger partial charge is 0.0876 e. The predicted octanol–water partition coefficient (Wildman–Crippen LogP) is 2.56. The van der Waals surface area contributed by atoms with Crippen LogP contribution in [0.3, 0.4) is 0 Å². The van der Waals surface area contributed by atoms with Gasteiger partial charge in [0.05, 0.1) is 6.10 Å². The number of aryl methyl sites for hydroxylation is 2. The van der Waals surface area contributed by atoms with Crippen molar-refractivity contribution in [1.29, 1.82) is 0 Å². The highest BCUT2D eigenvalue weighted by Crippen LogP contribution is 2.44. The van der Waals surface area contributed by atoms with E-state index in [4.69, 9.17) is 5.73 Å². The molecule has 0 radical (unpaired) electrons. The van der Waals surface area contributed by atoms with E-state index in [1.807, 2.05) is 19.1 Å². The fourth-order valence-corrected chi connectivity index (χ4v) is 3.34. The zero-order valence-electron chi connectivity index (χ0n) is 12.4. The third-order valence-electron chi connectivity index (χ3n) is 4.79. The Bertz CT molecular complexity index is 623. The molecule has 0 spiro atoms. The summed E-state index contributed by atoms with van der Waals surface area (Å²) in [6.07, 6.45) is 3.93. The first-order chi connectivity index (χ1) is 10.1. The summed E-state index contributed by atoms with van der Waals surface area (Å²) in [5.41, 5.74) is 10.3. The van der Waals surface area contributed by atoms with Crippen LogP contribution in [0.25, 0.3) is 0 Å². The van der Waals surface area contributed by atoms with Crippen molar-refractivity contribution >= 4 is 0 Å². The number of hydrogen-bond acceptors (Lipinski definition) is 3. The third-order valence-corrected chi connectivity index (χ3v) is 4.79. The Hall–Kier alpha value is -1.71. The quantitative estimate of drug-likeness (QED) is 0.909. The Balaban J connectivity index is 1.93. The molecule has 1 aromatic carbocycles. The normalized spacial score (nSPS) is 22.6. The second kappa shape index (κ2) is 5.58. The summed E-state index contributed by atoms with van der Waals surface area (Å²) in [5.74, 6) is 0. The molecule has 0 aliphatic heterocycles. The van der Waals surface area contributed by atoms with Crippen molar-refractivity contribution in [2.24, 2.45) is 11.1 Å². The van der Waals surface area contributed by atoms with Crippen LogP contribution < -0.4 is 5.73 Å². The van der Waals surface area contributed by atoms with Crippen LogP contribution >= 0.6 is 0 Å². The van der Waals surface area contributed by atoms with Gasteiger partial charge in [-0.3, -0.25) is 4.98 Å². The van der Waals surface area contributed by atoms with E-state index in [-0.39, 0.29) is 5.41 Å². The first-order valence-electron chi connectivity index (χ1n) is 7.52. The van der Waals surface area contributed by atoms with E-state index in [1.54, 1.807) is 6.20 Å². The molecular weight excluding hydrogens is 260 g/mol. The molecule has 2 aromatic rings. The van der Waals surface area contributed by atoms with Crippen LogP contribution in [0.5, 0.6) is 0 Å². The summed E-state index contributed by atoms with van der Waals surface area (Å²) >= 11 is 0. The summed E-state index contributed by atoms with van der Waals surface area (Å²) in [7, 11) is 0. The van der Waals surface area contributed by atoms with Crippen LogP contribution in [0.1, 0.15) is 34.9 Å². The molecule has 0 amide bonds. The Kier molecular flexibility index (Phi) is 3.79. The van der Waals surface area contributed by atoms with Gasteiger partial charge in [0.25, 0.3) is 0 Å². The minimum Gasteiger partial charge on any atom is -0.388 e. The molecule has 1 aliphatic rings. The van der Waals surface area contributed by atoms with E-state index >= 15 is 0 Å². The Morgan fingerprint density at radius 2 is 2.00 bits per heavy atom. The van der Waals surface area contributed by atoms with E-state index in [0.717, 1.165) is 30.5 Å². The maximum Gasteiger partial charge on any atom is 0.0876 e.